The zero-order valence-electron chi connectivity index (χ0n) is 11.2. The van der Waals surface area contributed by atoms with Gasteiger partial charge in [0.15, 0.2) is 5.78 Å². The molecule has 1 aromatic carbocycles. The van der Waals surface area contributed by atoms with Crippen molar-refractivity contribution in [2.75, 3.05) is 6.54 Å². The number of nitrogens with zero attached hydrogens (tertiary/aromatic N) is 1. The van der Waals surface area contributed by atoms with E-state index in [0.717, 1.165) is 11.1 Å². The molecule has 0 spiro atoms. The minimum absolute atomic E-state index is 0.0418. The molecule has 1 heterocycles. The monoisotopic (exact) mass is 245 g/mol. The summed E-state index contributed by atoms with van der Waals surface area (Å²) in [5, 5.41) is 0. The summed E-state index contributed by atoms with van der Waals surface area (Å²) >= 11 is 0. The van der Waals surface area contributed by atoms with Crippen LogP contribution in [-0.4, -0.2) is 28.7 Å². The number of hydrogen-bond acceptors (Lipinski definition) is 2. The van der Waals surface area contributed by atoms with Gasteiger partial charge in [0.05, 0.1) is 12.0 Å². The molecule has 1 saturated heterocycles. The van der Waals surface area contributed by atoms with Crippen molar-refractivity contribution >= 4 is 11.7 Å². The number of rotatable bonds is 2. The molecular formula is C15H19NO2. The maximum atomic E-state index is 12.3. The Balaban J connectivity index is 2.15. The fourth-order valence-electron chi connectivity index (χ4n) is 2.45. The number of carbonyl (C=O) groups excluding carboxylic acids is 2. The number of benzene rings is 1. The molecule has 18 heavy (non-hydrogen) atoms. The van der Waals surface area contributed by atoms with E-state index in [1.165, 1.54) is 0 Å². The summed E-state index contributed by atoms with van der Waals surface area (Å²) in [7, 11) is 0. The fraction of sp³-hybridized carbons (Fsp3) is 0.467. The summed E-state index contributed by atoms with van der Waals surface area (Å²) in [5.74, 6) is 0.195. The highest BCUT2D eigenvalue weighted by Gasteiger charge is 2.42. The van der Waals surface area contributed by atoms with Gasteiger partial charge in [-0.05, 0) is 31.9 Å². The Hall–Kier alpha value is -1.64. The lowest BCUT2D eigenvalue weighted by Crippen LogP contribution is -2.47. The van der Waals surface area contributed by atoms with Gasteiger partial charge in [-0.2, -0.15) is 0 Å². The fourth-order valence-corrected chi connectivity index (χ4v) is 2.45. The third kappa shape index (κ3) is 2.17. The van der Waals surface area contributed by atoms with Gasteiger partial charge in [-0.15, -0.1) is 0 Å². The summed E-state index contributed by atoms with van der Waals surface area (Å²) in [5.41, 5.74) is 1.52. The highest BCUT2D eigenvalue weighted by molar-refractivity contribution is 5.95. The predicted molar refractivity (Wildman–Crippen MR) is 70.3 cm³/mol. The molecule has 0 bridgehead atoms. The van der Waals surface area contributed by atoms with Crippen molar-refractivity contribution in [1.82, 2.24) is 4.90 Å². The lowest BCUT2D eigenvalue weighted by Gasteiger charge is -2.30. The first-order valence-electron chi connectivity index (χ1n) is 6.31. The van der Waals surface area contributed by atoms with Crippen molar-refractivity contribution in [2.45, 2.75) is 39.2 Å². The average molecular weight is 245 g/mol. The van der Waals surface area contributed by atoms with Crippen LogP contribution in [0.1, 0.15) is 31.4 Å². The smallest absolute Gasteiger partial charge is 0.227 e. The minimum atomic E-state index is -0.639. The molecule has 0 atom stereocenters. The Kier molecular flexibility index (Phi) is 3.24. The van der Waals surface area contributed by atoms with Crippen LogP contribution in [0.5, 0.6) is 0 Å². The van der Waals surface area contributed by atoms with E-state index in [1.807, 2.05) is 45.0 Å². The van der Waals surface area contributed by atoms with Crippen LogP contribution in [-0.2, 0) is 16.0 Å². The molecule has 0 radical (unpaired) electrons. The Morgan fingerprint density at radius 1 is 1.33 bits per heavy atom. The van der Waals surface area contributed by atoms with Crippen LogP contribution in [0.4, 0.5) is 0 Å². The van der Waals surface area contributed by atoms with E-state index in [0.29, 0.717) is 19.4 Å². The van der Waals surface area contributed by atoms with E-state index in [4.69, 9.17) is 0 Å². The lowest BCUT2D eigenvalue weighted by atomic mass is 9.99. The number of aryl methyl sites for hydroxylation is 1. The Bertz CT molecular complexity index is 491. The summed E-state index contributed by atoms with van der Waals surface area (Å²) in [4.78, 5) is 25.7. The van der Waals surface area contributed by atoms with Gasteiger partial charge in [-0.3, -0.25) is 9.59 Å². The van der Waals surface area contributed by atoms with E-state index in [-0.39, 0.29) is 11.7 Å². The highest BCUT2D eigenvalue weighted by Crippen LogP contribution is 2.26. The largest absolute Gasteiger partial charge is 0.330 e. The molecule has 1 fully saturated rings. The van der Waals surface area contributed by atoms with Gasteiger partial charge in [0.25, 0.3) is 0 Å². The van der Waals surface area contributed by atoms with Gasteiger partial charge >= 0.3 is 0 Å². The van der Waals surface area contributed by atoms with Crippen molar-refractivity contribution in [1.29, 1.82) is 0 Å². The first-order valence-corrected chi connectivity index (χ1v) is 6.31. The zero-order valence-corrected chi connectivity index (χ0v) is 11.2. The molecule has 0 unspecified atom stereocenters. The molecule has 3 nitrogen and oxygen atoms in total. The number of amides is 1. The molecule has 1 aliphatic rings. The van der Waals surface area contributed by atoms with Crippen molar-refractivity contribution in [3.05, 3.63) is 35.4 Å². The van der Waals surface area contributed by atoms with Gasteiger partial charge < -0.3 is 4.90 Å². The first-order chi connectivity index (χ1) is 8.43. The molecule has 0 aliphatic carbocycles. The Morgan fingerprint density at radius 2 is 2.00 bits per heavy atom. The number of carbonyl (C=O) groups is 2. The van der Waals surface area contributed by atoms with Crippen molar-refractivity contribution in [3.63, 3.8) is 0 Å². The molecule has 0 aromatic heterocycles. The van der Waals surface area contributed by atoms with E-state index >= 15 is 0 Å². The first kappa shape index (κ1) is 12.8. The SMILES string of the molecule is Cc1ccccc1CC(=O)N1CCC(=O)C1(C)C. The van der Waals surface area contributed by atoms with Gasteiger partial charge in [0.2, 0.25) is 5.91 Å². The van der Waals surface area contributed by atoms with E-state index in [9.17, 15) is 9.59 Å². The maximum absolute atomic E-state index is 12.3. The third-order valence-corrected chi connectivity index (χ3v) is 3.82. The predicted octanol–water partition coefficient (Wildman–Crippen LogP) is 2.12. The topological polar surface area (TPSA) is 37.4 Å². The van der Waals surface area contributed by atoms with Gasteiger partial charge in [-0.25, -0.2) is 0 Å². The van der Waals surface area contributed by atoms with Crippen molar-refractivity contribution in [3.8, 4) is 0 Å². The molecule has 0 N–H and O–H groups in total. The van der Waals surface area contributed by atoms with Crippen LogP contribution in [0.2, 0.25) is 0 Å². The van der Waals surface area contributed by atoms with Crippen LogP contribution in [0.3, 0.4) is 0 Å². The molecule has 2 rings (SSSR count). The van der Waals surface area contributed by atoms with E-state index < -0.39 is 5.54 Å². The van der Waals surface area contributed by atoms with Crippen LogP contribution in [0, 0.1) is 6.92 Å². The number of hydrogen-bond donors (Lipinski definition) is 0. The summed E-state index contributed by atoms with van der Waals surface area (Å²) in [6.45, 7) is 6.22. The van der Waals surface area contributed by atoms with Gasteiger partial charge in [0, 0.05) is 13.0 Å². The quantitative estimate of drug-likeness (QED) is 0.800. The molecular weight excluding hydrogens is 226 g/mol. The van der Waals surface area contributed by atoms with Crippen LogP contribution >= 0.6 is 0 Å². The Morgan fingerprint density at radius 3 is 2.56 bits per heavy atom. The summed E-state index contributed by atoms with van der Waals surface area (Å²) in [6.07, 6.45) is 0.857. The highest BCUT2D eigenvalue weighted by atomic mass is 16.2. The number of Topliss-reactive ketones (excluding diaryl/α,β-unsaturated/α-hetero) is 1. The molecule has 3 heteroatoms. The average Bonchev–Trinajstić information content (AvgIpc) is 2.57. The molecule has 1 amide bonds. The van der Waals surface area contributed by atoms with Crippen LogP contribution in [0.25, 0.3) is 0 Å². The lowest BCUT2D eigenvalue weighted by molar-refractivity contribution is -0.138. The summed E-state index contributed by atoms with van der Waals surface area (Å²) < 4.78 is 0. The number of likely N-dealkylation sites (tertiary alicyclic amines) is 1. The minimum Gasteiger partial charge on any atom is -0.330 e. The molecule has 1 aliphatic heterocycles. The van der Waals surface area contributed by atoms with Crippen LogP contribution in [0.15, 0.2) is 24.3 Å². The zero-order chi connectivity index (χ0) is 13.3. The second-order valence-electron chi connectivity index (χ2n) is 5.38. The van der Waals surface area contributed by atoms with Gasteiger partial charge in [0.1, 0.15) is 0 Å². The molecule has 0 saturated carbocycles. The standard InChI is InChI=1S/C15H19NO2/c1-11-6-4-5-7-12(11)10-14(18)16-9-8-13(17)15(16,2)3/h4-7H,8-10H2,1-3H3. The Labute approximate surface area is 108 Å². The molecule has 1 aromatic rings. The molecule has 96 valence electrons. The third-order valence-electron chi connectivity index (χ3n) is 3.82. The maximum Gasteiger partial charge on any atom is 0.227 e. The van der Waals surface area contributed by atoms with E-state index in [1.54, 1.807) is 4.90 Å². The number of ketones is 1. The van der Waals surface area contributed by atoms with Crippen LogP contribution < -0.4 is 0 Å². The van der Waals surface area contributed by atoms with Crippen molar-refractivity contribution < 1.29 is 9.59 Å². The van der Waals surface area contributed by atoms with E-state index in [2.05, 4.69) is 0 Å². The second-order valence-corrected chi connectivity index (χ2v) is 5.38. The summed E-state index contributed by atoms with van der Waals surface area (Å²) in [6, 6.07) is 7.88. The van der Waals surface area contributed by atoms with Crippen molar-refractivity contribution in [2.24, 2.45) is 0 Å². The normalized spacial score (nSPS) is 18.2. The van der Waals surface area contributed by atoms with Gasteiger partial charge in [-0.1, -0.05) is 24.3 Å². The second kappa shape index (κ2) is 4.56.